The second-order valence-electron chi connectivity index (χ2n) is 4.62. The van der Waals surface area contributed by atoms with Crippen LogP contribution in [-0.4, -0.2) is 23.3 Å². The molecule has 2 rings (SSSR count). The lowest BCUT2D eigenvalue weighted by atomic mass is 10.0. The van der Waals surface area contributed by atoms with Crippen LogP contribution in [0.15, 0.2) is 12.1 Å². The van der Waals surface area contributed by atoms with E-state index in [1.54, 1.807) is 7.11 Å². The quantitative estimate of drug-likeness (QED) is 0.870. The third-order valence-corrected chi connectivity index (χ3v) is 3.62. The monoisotopic (exact) mass is 248 g/mol. The molecule has 4 nitrogen and oxygen atoms in total. The highest BCUT2D eigenvalue weighted by molar-refractivity contribution is 5.93. The summed E-state index contributed by atoms with van der Waals surface area (Å²) in [6.07, 6.45) is -0.639. The maximum absolute atomic E-state index is 10.1. The van der Waals surface area contributed by atoms with Crippen molar-refractivity contribution in [2.24, 2.45) is 12.8 Å². The zero-order chi connectivity index (χ0) is 13.4. The number of aliphatic hydroxyl groups is 1. The van der Waals surface area contributed by atoms with E-state index in [1.807, 2.05) is 33.0 Å². The molecule has 0 aliphatic carbocycles. The molecule has 0 bridgehead atoms. The number of hydrogen-bond acceptors (Lipinski definition) is 3. The minimum Gasteiger partial charge on any atom is -0.495 e. The zero-order valence-corrected chi connectivity index (χ0v) is 11.3. The Morgan fingerprint density at radius 1 is 1.39 bits per heavy atom. The van der Waals surface area contributed by atoms with Crippen LogP contribution in [0.25, 0.3) is 10.9 Å². The number of hydrogen-bond donors (Lipinski definition) is 2. The van der Waals surface area contributed by atoms with Gasteiger partial charge in [-0.05, 0) is 25.5 Å². The summed E-state index contributed by atoms with van der Waals surface area (Å²) in [4.78, 5) is 0. The van der Waals surface area contributed by atoms with E-state index >= 15 is 0 Å². The first kappa shape index (κ1) is 12.9. The van der Waals surface area contributed by atoms with E-state index in [4.69, 9.17) is 10.5 Å². The van der Waals surface area contributed by atoms with Crippen LogP contribution >= 0.6 is 0 Å². The molecule has 98 valence electrons. The van der Waals surface area contributed by atoms with Crippen molar-refractivity contribution < 1.29 is 9.84 Å². The van der Waals surface area contributed by atoms with Gasteiger partial charge in [-0.15, -0.1) is 0 Å². The van der Waals surface area contributed by atoms with Crippen LogP contribution in [0.3, 0.4) is 0 Å². The summed E-state index contributed by atoms with van der Waals surface area (Å²) in [5.41, 5.74) is 9.67. The molecule has 1 aromatic carbocycles. The maximum Gasteiger partial charge on any atom is 0.143 e. The summed E-state index contributed by atoms with van der Waals surface area (Å²) < 4.78 is 7.46. The smallest absolute Gasteiger partial charge is 0.143 e. The SMILES string of the molecule is COc1ccc(C)c2c(C(O)CN)c(C)n(C)c12. The average Bonchev–Trinajstić information content (AvgIpc) is 2.64. The fourth-order valence-corrected chi connectivity index (χ4v) is 2.57. The van der Waals surface area contributed by atoms with Gasteiger partial charge < -0.3 is 20.1 Å². The molecule has 0 saturated heterocycles. The number of nitrogens with two attached hydrogens (primary N) is 1. The van der Waals surface area contributed by atoms with E-state index in [1.165, 1.54) is 0 Å². The van der Waals surface area contributed by atoms with Crippen LogP contribution in [0.4, 0.5) is 0 Å². The van der Waals surface area contributed by atoms with Gasteiger partial charge in [0.25, 0.3) is 0 Å². The van der Waals surface area contributed by atoms with E-state index < -0.39 is 6.10 Å². The van der Waals surface area contributed by atoms with Gasteiger partial charge in [0.1, 0.15) is 5.75 Å². The van der Waals surface area contributed by atoms with Crippen molar-refractivity contribution in [3.8, 4) is 5.75 Å². The van der Waals surface area contributed by atoms with E-state index in [-0.39, 0.29) is 6.54 Å². The first-order valence-corrected chi connectivity index (χ1v) is 6.03. The Hall–Kier alpha value is -1.52. The van der Waals surface area contributed by atoms with Crippen LogP contribution in [0.1, 0.15) is 22.9 Å². The lowest BCUT2D eigenvalue weighted by Crippen LogP contribution is -2.12. The molecular formula is C14H20N2O2. The summed E-state index contributed by atoms with van der Waals surface area (Å²) >= 11 is 0. The zero-order valence-electron chi connectivity index (χ0n) is 11.3. The highest BCUT2D eigenvalue weighted by atomic mass is 16.5. The van der Waals surface area contributed by atoms with Gasteiger partial charge in [-0.3, -0.25) is 0 Å². The Morgan fingerprint density at radius 3 is 2.61 bits per heavy atom. The van der Waals surface area contributed by atoms with Crippen molar-refractivity contribution >= 4 is 10.9 Å². The number of fused-ring (bicyclic) bond motifs is 1. The molecule has 1 heterocycles. The van der Waals surface area contributed by atoms with Gasteiger partial charge in [-0.1, -0.05) is 6.07 Å². The lowest BCUT2D eigenvalue weighted by Gasteiger charge is -2.10. The number of aliphatic hydroxyl groups excluding tert-OH is 1. The molecule has 0 saturated carbocycles. The van der Waals surface area contributed by atoms with Crippen molar-refractivity contribution in [2.45, 2.75) is 20.0 Å². The fourth-order valence-electron chi connectivity index (χ4n) is 2.57. The van der Waals surface area contributed by atoms with Crippen molar-refractivity contribution in [3.63, 3.8) is 0 Å². The van der Waals surface area contributed by atoms with E-state index in [2.05, 4.69) is 4.57 Å². The Labute approximate surface area is 107 Å². The number of ether oxygens (including phenoxy) is 1. The van der Waals surface area contributed by atoms with Crippen LogP contribution in [0, 0.1) is 13.8 Å². The highest BCUT2D eigenvalue weighted by Gasteiger charge is 2.21. The first-order chi connectivity index (χ1) is 8.52. The van der Waals surface area contributed by atoms with Crippen LogP contribution < -0.4 is 10.5 Å². The summed E-state index contributed by atoms with van der Waals surface area (Å²) in [5.74, 6) is 0.816. The standard InChI is InChI=1S/C14H20N2O2/c1-8-5-6-11(18-4)14-12(8)13(10(17)7-15)9(2)16(14)3/h5-6,10,17H,7,15H2,1-4H3. The number of nitrogens with zero attached hydrogens (tertiary/aromatic N) is 1. The average molecular weight is 248 g/mol. The second kappa shape index (κ2) is 4.63. The normalized spacial score (nSPS) is 13.0. The van der Waals surface area contributed by atoms with Gasteiger partial charge in [0, 0.05) is 30.2 Å². The Bertz CT molecular complexity index is 587. The van der Waals surface area contributed by atoms with E-state index in [9.17, 15) is 5.11 Å². The lowest BCUT2D eigenvalue weighted by molar-refractivity contribution is 0.187. The topological polar surface area (TPSA) is 60.4 Å². The third-order valence-electron chi connectivity index (χ3n) is 3.62. The molecule has 0 spiro atoms. The van der Waals surface area contributed by atoms with E-state index in [0.717, 1.165) is 33.5 Å². The van der Waals surface area contributed by atoms with E-state index in [0.29, 0.717) is 0 Å². The molecule has 0 fully saturated rings. The summed E-state index contributed by atoms with van der Waals surface area (Å²) in [6, 6.07) is 3.96. The molecular weight excluding hydrogens is 228 g/mol. The molecule has 18 heavy (non-hydrogen) atoms. The minimum absolute atomic E-state index is 0.219. The number of aryl methyl sites for hydroxylation is 2. The molecule has 0 radical (unpaired) electrons. The number of rotatable bonds is 3. The summed E-state index contributed by atoms with van der Waals surface area (Å²) in [7, 11) is 3.64. The van der Waals surface area contributed by atoms with Crippen LogP contribution in [0.2, 0.25) is 0 Å². The van der Waals surface area contributed by atoms with Gasteiger partial charge in [-0.2, -0.15) is 0 Å². The van der Waals surface area contributed by atoms with Crippen LogP contribution in [0.5, 0.6) is 5.75 Å². The molecule has 0 aliphatic heterocycles. The largest absolute Gasteiger partial charge is 0.495 e. The molecule has 4 heteroatoms. The predicted molar refractivity (Wildman–Crippen MR) is 73.0 cm³/mol. The molecule has 0 amide bonds. The molecule has 2 aromatic rings. The van der Waals surface area contributed by atoms with Crippen molar-refractivity contribution in [1.29, 1.82) is 0 Å². The van der Waals surface area contributed by atoms with Crippen molar-refractivity contribution in [3.05, 3.63) is 29.0 Å². The van der Waals surface area contributed by atoms with Crippen molar-refractivity contribution in [2.75, 3.05) is 13.7 Å². The third kappa shape index (κ3) is 1.69. The maximum atomic E-state index is 10.1. The van der Waals surface area contributed by atoms with Gasteiger partial charge in [0.15, 0.2) is 0 Å². The molecule has 0 aliphatic rings. The van der Waals surface area contributed by atoms with Gasteiger partial charge in [0.2, 0.25) is 0 Å². The number of aromatic nitrogens is 1. The second-order valence-corrected chi connectivity index (χ2v) is 4.62. The highest BCUT2D eigenvalue weighted by Crippen LogP contribution is 2.37. The fraction of sp³-hybridized carbons (Fsp3) is 0.429. The van der Waals surface area contributed by atoms with Gasteiger partial charge >= 0.3 is 0 Å². The minimum atomic E-state index is -0.639. The predicted octanol–water partition coefficient (Wildman–Crippen LogP) is 1.80. The molecule has 1 unspecified atom stereocenters. The number of methoxy groups -OCH3 is 1. The molecule has 3 N–H and O–H groups in total. The van der Waals surface area contributed by atoms with Gasteiger partial charge in [0.05, 0.1) is 18.7 Å². The summed E-state index contributed by atoms with van der Waals surface area (Å²) in [5, 5.41) is 11.2. The van der Waals surface area contributed by atoms with Crippen molar-refractivity contribution in [1.82, 2.24) is 4.57 Å². The Morgan fingerprint density at radius 2 is 2.06 bits per heavy atom. The summed E-state index contributed by atoms with van der Waals surface area (Å²) in [6.45, 7) is 4.25. The Balaban J connectivity index is 2.91. The molecule has 1 aromatic heterocycles. The molecule has 1 atom stereocenters. The first-order valence-electron chi connectivity index (χ1n) is 6.03. The number of benzene rings is 1. The Kier molecular flexibility index (Phi) is 3.32. The van der Waals surface area contributed by atoms with Crippen LogP contribution in [-0.2, 0) is 7.05 Å². The van der Waals surface area contributed by atoms with Gasteiger partial charge in [-0.25, -0.2) is 0 Å².